The van der Waals surface area contributed by atoms with Gasteiger partial charge in [-0.2, -0.15) is 0 Å². The Balaban J connectivity index is 1.74. The molecule has 0 aliphatic carbocycles. The van der Waals surface area contributed by atoms with Crippen LogP contribution in [0.3, 0.4) is 0 Å². The van der Waals surface area contributed by atoms with E-state index in [1.165, 1.54) is 0 Å². The molecule has 3 heterocycles. The number of fused-ring (bicyclic) bond motifs is 1. The average molecular weight is 540 g/mol. The van der Waals surface area contributed by atoms with Crippen LogP contribution in [0.15, 0.2) is 55.6 Å². The summed E-state index contributed by atoms with van der Waals surface area (Å²) in [6.07, 6.45) is 5.45. The lowest BCUT2D eigenvalue weighted by Gasteiger charge is -2.40. The van der Waals surface area contributed by atoms with Crippen LogP contribution in [0.25, 0.3) is 0 Å². The molecule has 3 aliphatic heterocycles. The van der Waals surface area contributed by atoms with E-state index in [0.717, 1.165) is 12.0 Å². The molecule has 0 saturated carbocycles. The number of carbonyl (C=O) groups excluding carboxylic acids is 3. The number of aliphatic hydroxyl groups excluding tert-OH is 1. The number of thioether (sulfide) groups is 1. The van der Waals surface area contributed by atoms with Crippen LogP contribution in [-0.2, 0) is 20.9 Å². The van der Waals surface area contributed by atoms with E-state index in [4.69, 9.17) is 0 Å². The predicted molar refractivity (Wildman–Crippen MR) is 151 cm³/mol. The number of likely N-dealkylation sites (tertiary alicyclic amines) is 1. The van der Waals surface area contributed by atoms with Crippen molar-refractivity contribution >= 4 is 29.5 Å². The molecule has 7 nitrogen and oxygen atoms in total. The molecule has 0 radical (unpaired) electrons. The first-order valence-electron chi connectivity index (χ1n) is 13.7. The molecule has 3 fully saturated rings. The maximum Gasteiger partial charge on any atom is 0.247 e. The molecule has 3 saturated heterocycles. The second-order valence-corrected chi connectivity index (χ2v) is 12.5. The fourth-order valence-corrected chi connectivity index (χ4v) is 8.91. The van der Waals surface area contributed by atoms with Crippen molar-refractivity contribution in [3.63, 3.8) is 0 Å². The van der Waals surface area contributed by atoms with Gasteiger partial charge in [0.25, 0.3) is 0 Å². The minimum atomic E-state index is -0.714. The maximum atomic E-state index is 14.3. The SMILES string of the molecule is C=CCN(Cc1ccccc1)C(=O)[C@@H]1[C@H]2C(=O)N([C@@H](CC)CO)C(C(=O)N(CC=C)C(C)C)C23CC[C@H]1S3. The molecule has 3 amide bonds. The Morgan fingerprint density at radius 1 is 1.18 bits per heavy atom. The summed E-state index contributed by atoms with van der Waals surface area (Å²) in [5.41, 5.74) is 1.02. The molecule has 1 N–H and O–H groups in total. The van der Waals surface area contributed by atoms with Crippen molar-refractivity contribution in [2.75, 3.05) is 19.7 Å². The van der Waals surface area contributed by atoms with Crippen molar-refractivity contribution in [3.05, 3.63) is 61.2 Å². The molecule has 1 aromatic carbocycles. The molecule has 38 heavy (non-hydrogen) atoms. The van der Waals surface area contributed by atoms with Crippen molar-refractivity contribution < 1.29 is 19.5 Å². The highest BCUT2D eigenvalue weighted by Crippen LogP contribution is 2.67. The van der Waals surface area contributed by atoms with Crippen LogP contribution < -0.4 is 0 Å². The van der Waals surface area contributed by atoms with Crippen LogP contribution in [0.1, 0.15) is 45.6 Å². The van der Waals surface area contributed by atoms with Gasteiger partial charge in [-0.05, 0) is 38.7 Å². The second-order valence-electron chi connectivity index (χ2n) is 10.9. The minimum Gasteiger partial charge on any atom is -0.394 e. The van der Waals surface area contributed by atoms with Gasteiger partial charge >= 0.3 is 0 Å². The lowest BCUT2D eigenvalue weighted by atomic mass is 9.70. The molecule has 1 spiro atoms. The molecular weight excluding hydrogens is 498 g/mol. The normalized spacial score (nSPS) is 28.3. The Labute approximate surface area is 230 Å². The van der Waals surface area contributed by atoms with Gasteiger partial charge in [0.05, 0.1) is 29.2 Å². The molecule has 2 unspecified atom stereocenters. The Kier molecular flexibility index (Phi) is 8.72. The van der Waals surface area contributed by atoms with Gasteiger partial charge < -0.3 is 19.8 Å². The predicted octanol–water partition coefficient (Wildman–Crippen LogP) is 3.49. The van der Waals surface area contributed by atoms with Crippen molar-refractivity contribution in [2.45, 2.75) is 74.7 Å². The van der Waals surface area contributed by atoms with Crippen molar-refractivity contribution in [3.8, 4) is 0 Å². The number of hydrogen-bond acceptors (Lipinski definition) is 5. The van der Waals surface area contributed by atoms with E-state index < -0.39 is 28.7 Å². The van der Waals surface area contributed by atoms with Gasteiger partial charge in [0.1, 0.15) is 6.04 Å². The standard InChI is InChI=1S/C30H41N3O4S/c1-6-16-31(18-21-12-10-9-11-13-21)27(35)24-23-14-15-30(38-23)25(24)28(36)33(22(8-3)19-34)26(30)29(37)32(17-7-2)20(4)5/h6-7,9-13,20,22-26,34H,1-2,8,14-19H2,3-5H3/t22-,23+,24-,25-,26?,30?/m0/s1. The Hall–Kier alpha value is -2.58. The first-order valence-corrected chi connectivity index (χ1v) is 14.6. The topological polar surface area (TPSA) is 81.2 Å². The van der Waals surface area contributed by atoms with Gasteiger partial charge in [0.2, 0.25) is 17.7 Å². The fraction of sp³-hybridized carbons (Fsp3) is 0.567. The van der Waals surface area contributed by atoms with Crippen molar-refractivity contribution in [1.82, 2.24) is 14.7 Å². The molecule has 206 valence electrons. The smallest absolute Gasteiger partial charge is 0.247 e. The Bertz CT molecular complexity index is 1060. The van der Waals surface area contributed by atoms with E-state index in [1.807, 2.05) is 51.1 Å². The number of amides is 3. The van der Waals surface area contributed by atoms with Gasteiger partial charge in [-0.3, -0.25) is 14.4 Å². The average Bonchev–Trinajstić information content (AvgIpc) is 3.55. The summed E-state index contributed by atoms with van der Waals surface area (Å²) in [5.74, 6) is -1.43. The third kappa shape index (κ3) is 4.70. The van der Waals surface area contributed by atoms with E-state index in [0.29, 0.717) is 32.5 Å². The molecule has 0 aromatic heterocycles. The molecular formula is C30H41N3O4S. The summed E-state index contributed by atoms with van der Waals surface area (Å²) >= 11 is 1.67. The van der Waals surface area contributed by atoms with Crippen molar-refractivity contribution in [1.29, 1.82) is 0 Å². The quantitative estimate of drug-likeness (QED) is 0.412. The van der Waals surface area contributed by atoms with Crippen LogP contribution in [-0.4, -0.2) is 85.3 Å². The van der Waals surface area contributed by atoms with E-state index >= 15 is 0 Å². The van der Waals surface area contributed by atoms with Gasteiger partial charge in [-0.1, -0.05) is 49.4 Å². The van der Waals surface area contributed by atoms with Crippen LogP contribution >= 0.6 is 11.8 Å². The molecule has 4 rings (SSSR count). The third-order valence-electron chi connectivity index (χ3n) is 8.44. The van der Waals surface area contributed by atoms with E-state index in [-0.39, 0.29) is 35.6 Å². The molecule has 2 bridgehead atoms. The highest BCUT2D eigenvalue weighted by atomic mass is 32.2. The molecule has 3 aliphatic rings. The summed E-state index contributed by atoms with van der Waals surface area (Å²) in [4.78, 5) is 47.9. The summed E-state index contributed by atoms with van der Waals surface area (Å²) in [7, 11) is 0. The zero-order chi connectivity index (χ0) is 27.6. The number of hydrogen-bond donors (Lipinski definition) is 1. The number of nitrogens with zero attached hydrogens (tertiary/aromatic N) is 3. The number of benzene rings is 1. The zero-order valence-corrected chi connectivity index (χ0v) is 23.6. The number of carbonyl (C=O) groups is 3. The van der Waals surface area contributed by atoms with Crippen LogP contribution in [0.4, 0.5) is 0 Å². The van der Waals surface area contributed by atoms with Gasteiger partial charge in [0, 0.05) is 30.9 Å². The lowest BCUT2D eigenvalue weighted by Crippen LogP contribution is -2.58. The summed E-state index contributed by atoms with van der Waals surface area (Å²) in [6, 6.07) is 8.57. The first-order chi connectivity index (χ1) is 18.2. The molecule has 1 aromatic rings. The lowest BCUT2D eigenvalue weighted by molar-refractivity contribution is -0.147. The van der Waals surface area contributed by atoms with Gasteiger partial charge in [0.15, 0.2) is 0 Å². The summed E-state index contributed by atoms with van der Waals surface area (Å²) < 4.78 is -0.678. The molecule has 8 heteroatoms. The number of aliphatic hydroxyl groups is 1. The highest BCUT2D eigenvalue weighted by molar-refractivity contribution is 8.02. The second kappa shape index (κ2) is 11.7. The summed E-state index contributed by atoms with van der Waals surface area (Å²) in [6.45, 7) is 14.5. The van der Waals surface area contributed by atoms with E-state index in [9.17, 15) is 19.5 Å². The maximum absolute atomic E-state index is 14.3. The van der Waals surface area contributed by atoms with Gasteiger partial charge in [-0.25, -0.2) is 0 Å². The summed E-state index contributed by atoms with van der Waals surface area (Å²) in [5, 5.41) is 10.2. The van der Waals surface area contributed by atoms with Crippen LogP contribution in [0.5, 0.6) is 0 Å². The van der Waals surface area contributed by atoms with E-state index in [2.05, 4.69) is 13.2 Å². The minimum absolute atomic E-state index is 0.0157. The third-order valence-corrected chi connectivity index (χ3v) is 10.4. The van der Waals surface area contributed by atoms with Crippen LogP contribution in [0.2, 0.25) is 0 Å². The van der Waals surface area contributed by atoms with Crippen molar-refractivity contribution in [2.24, 2.45) is 11.8 Å². The first kappa shape index (κ1) is 28.4. The largest absolute Gasteiger partial charge is 0.394 e. The zero-order valence-electron chi connectivity index (χ0n) is 22.8. The van der Waals surface area contributed by atoms with Gasteiger partial charge in [-0.15, -0.1) is 24.9 Å². The number of rotatable bonds is 12. The van der Waals surface area contributed by atoms with Crippen LogP contribution in [0, 0.1) is 11.8 Å². The fourth-order valence-electron chi connectivity index (χ4n) is 6.71. The van der Waals surface area contributed by atoms with E-state index in [1.54, 1.807) is 38.6 Å². The Morgan fingerprint density at radius 3 is 2.45 bits per heavy atom. The monoisotopic (exact) mass is 539 g/mol. The molecule has 6 atom stereocenters. The highest BCUT2D eigenvalue weighted by Gasteiger charge is 2.74. The Morgan fingerprint density at radius 2 is 1.87 bits per heavy atom.